The molecule has 0 atom stereocenters. The summed E-state index contributed by atoms with van der Waals surface area (Å²) >= 11 is 0. The van der Waals surface area contributed by atoms with Crippen LogP contribution in [0.1, 0.15) is 13.3 Å². The molecule has 0 saturated carbocycles. The Kier molecular flexibility index (Phi) is 6.39. The summed E-state index contributed by atoms with van der Waals surface area (Å²) in [5.41, 5.74) is 0. The summed E-state index contributed by atoms with van der Waals surface area (Å²) in [5, 5.41) is 7.82. The molecule has 6 heteroatoms. The van der Waals surface area contributed by atoms with Gasteiger partial charge < -0.3 is 19.3 Å². The molecule has 1 rings (SSSR count). The smallest absolute Gasteiger partial charge is 0.450 e. The van der Waals surface area contributed by atoms with E-state index in [1.54, 1.807) is 0 Å². The number of carbonyl (C=O) groups is 2. The summed E-state index contributed by atoms with van der Waals surface area (Å²) < 4.78 is 12.7. The van der Waals surface area contributed by atoms with Gasteiger partial charge in [0.2, 0.25) is 0 Å². The van der Waals surface area contributed by atoms with Gasteiger partial charge in [-0.1, -0.05) is 6.92 Å². The zero-order valence-electron chi connectivity index (χ0n) is 7.32. The Morgan fingerprint density at radius 2 is 2.08 bits per heavy atom. The van der Waals surface area contributed by atoms with Crippen LogP contribution in [0.25, 0.3) is 0 Å². The molecule has 1 saturated heterocycles. The molecule has 1 heterocycles. The van der Waals surface area contributed by atoms with Gasteiger partial charge in [-0.2, -0.15) is 0 Å². The van der Waals surface area contributed by atoms with Crippen molar-refractivity contribution in [2.45, 2.75) is 13.3 Å². The minimum Gasteiger partial charge on any atom is -0.450 e. The normalized spacial score (nSPS) is 13.5. The second kappa shape index (κ2) is 7.20. The molecule has 1 N–H and O–H groups in total. The van der Waals surface area contributed by atoms with Gasteiger partial charge in [0.15, 0.2) is 0 Å². The predicted octanol–water partition coefficient (Wildman–Crippen LogP) is 1.24. The van der Waals surface area contributed by atoms with Crippen molar-refractivity contribution in [3.8, 4) is 0 Å². The summed E-state index contributed by atoms with van der Waals surface area (Å²) in [6, 6.07) is 0. The van der Waals surface area contributed by atoms with E-state index in [-0.39, 0.29) is 0 Å². The Morgan fingerprint density at radius 1 is 1.54 bits per heavy atom. The van der Waals surface area contributed by atoms with E-state index in [4.69, 9.17) is 5.11 Å². The first kappa shape index (κ1) is 11.5. The van der Waals surface area contributed by atoms with Crippen molar-refractivity contribution in [2.75, 3.05) is 19.8 Å². The fourth-order valence-electron chi connectivity index (χ4n) is 0.481. The maximum Gasteiger partial charge on any atom is 0.508 e. The van der Waals surface area contributed by atoms with Crippen LogP contribution in [-0.4, -0.2) is 37.2 Å². The first-order valence-corrected chi connectivity index (χ1v) is 3.82. The lowest BCUT2D eigenvalue weighted by Gasteiger charge is -1.91. The lowest BCUT2D eigenvalue weighted by molar-refractivity contribution is 0.0917. The molecule has 0 aliphatic carbocycles. The lowest BCUT2D eigenvalue weighted by Crippen LogP contribution is -1.99. The third-order valence-corrected chi connectivity index (χ3v) is 0.953. The molecule has 0 unspecified atom stereocenters. The van der Waals surface area contributed by atoms with Gasteiger partial charge in [0.05, 0.1) is 6.61 Å². The van der Waals surface area contributed by atoms with Crippen molar-refractivity contribution >= 4 is 12.3 Å². The highest BCUT2D eigenvalue weighted by atomic mass is 16.8. The molecule has 6 nitrogen and oxygen atoms in total. The van der Waals surface area contributed by atoms with Crippen molar-refractivity contribution in [3.63, 3.8) is 0 Å². The minimum absolute atomic E-state index is 0.301. The van der Waals surface area contributed by atoms with E-state index >= 15 is 0 Å². The standard InChI is InChI=1S/C4H8O3.C3H4O3/c1-2-3-7-4(5)6;4-3-5-1-2-6-3/h2-3H2,1H3,(H,5,6);1-2H2. The zero-order chi connectivity index (χ0) is 10.1. The molecule has 0 radical (unpaired) electrons. The molecule has 1 aliphatic rings. The van der Waals surface area contributed by atoms with Gasteiger partial charge in [-0.25, -0.2) is 9.59 Å². The minimum atomic E-state index is -1.19. The van der Waals surface area contributed by atoms with E-state index < -0.39 is 12.3 Å². The van der Waals surface area contributed by atoms with Gasteiger partial charge in [-0.3, -0.25) is 0 Å². The molecule has 0 spiro atoms. The maximum atomic E-state index is 9.80. The first-order valence-electron chi connectivity index (χ1n) is 3.82. The van der Waals surface area contributed by atoms with Crippen LogP contribution >= 0.6 is 0 Å². The Balaban J connectivity index is 0.000000223. The molecule has 0 bridgehead atoms. The van der Waals surface area contributed by atoms with Crippen LogP contribution in [-0.2, 0) is 14.2 Å². The summed E-state index contributed by atoms with van der Waals surface area (Å²) in [6.07, 6.45) is -0.997. The number of hydrogen-bond donors (Lipinski definition) is 1. The fraction of sp³-hybridized carbons (Fsp3) is 0.714. The fourth-order valence-corrected chi connectivity index (χ4v) is 0.481. The molecule has 0 aromatic carbocycles. The summed E-state index contributed by atoms with van der Waals surface area (Å²) in [6.45, 7) is 2.98. The molecule has 1 aliphatic heterocycles. The molecule has 76 valence electrons. The van der Waals surface area contributed by atoms with E-state index in [1.165, 1.54) is 0 Å². The molecule has 0 amide bonds. The molecular weight excluding hydrogens is 180 g/mol. The molecule has 0 aromatic rings. The second-order valence-corrected chi connectivity index (χ2v) is 2.06. The Bertz CT molecular complexity index is 158. The first-order chi connectivity index (χ1) is 6.16. The van der Waals surface area contributed by atoms with Gasteiger partial charge in [0.1, 0.15) is 13.2 Å². The van der Waals surface area contributed by atoms with Crippen LogP contribution in [0.5, 0.6) is 0 Å². The monoisotopic (exact) mass is 192 g/mol. The summed E-state index contributed by atoms with van der Waals surface area (Å²) in [5.74, 6) is 0. The Hall–Kier alpha value is -1.46. The van der Waals surface area contributed by atoms with Crippen LogP contribution < -0.4 is 0 Å². The van der Waals surface area contributed by atoms with Gasteiger partial charge in [0, 0.05) is 0 Å². The highest BCUT2D eigenvalue weighted by Crippen LogP contribution is 1.92. The van der Waals surface area contributed by atoms with Crippen LogP contribution in [0.15, 0.2) is 0 Å². The highest BCUT2D eigenvalue weighted by molar-refractivity contribution is 5.61. The number of cyclic esters (lactones) is 2. The highest BCUT2D eigenvalue weighted by Gasteiger charge is 2.09. The summed E-state index contributed by atoms with van der Waals surface area (Å²) in [7, 11) is 0. The molecule has 13 heavy (non-hydrogen) atoms. The lowest BCUT2D eigenvalue weighted by atomic mass is 10.5. The number of rotatable bonds is 2. The molecule has 0 aromatic heterocycles. The third kappa shape index (κ3) is 8.45. The van der Waals surface area contributed by atoms with Crippen molar-refractivity contribution in [1.82, 2.24) is 0 Å². The van der Waals surface area contributed by atoms with Gasteiger partial charge >= 0.3 is 12.3 Å². The predicted molar refractivity (Wildman–Crippen MR) is 41.6 cm³/mol. The number of ether oxygens (including phenoxy) is 3. The largest absolute Gasteiger partial charge is 0.508 e. The average Bonchev–Trinajstić information content (AvgIpc) is 2.53. The zero-order valence-corrected chi connectivity index (χ0v) is 7.32. The van der Waals surface area contributed by atoms with E-state index in [2.05, 4.69) is 14.2 Å². The molecule has 1 fully saturated rings. The van der Waals surface area contributed by atoms with Gasteiger partial charge in [0.25, 0.3) is 0 Å². The van der Waals surface area contributed by atoms with E-state index in [9.17, 15) is 9.59 Å². The van der Waals surface area contributed by atoms with Gasteiger partial charge in [-0.05, 0) is 6.42 Å². The topological polar surface area (TPSA) is 82.1 Å². The van der Waals surface area contributed by atoms with Crippen LogP contribution in [0.4, 0.5) is 9.59 Å². The van der Waals surface area contributed by atoms with Crippen molar-refractivity contribution in [2.24, 2.45) is 0 Å². The van der Waals surface area contributed by atoms with E-state index in [0.29, 0.717) is 19.8 Å². The van der Waals surface area contributed by atoms with E-state index in [0.717, 1.165) is 6.42 Å². The van der Waals surface area contributed by atoms with Crippen LogP contribution in [0, 0.1) is 0 Å². The second-order valence-electron chi connectivity index (χ2n) is 2.06. The van der Waals surface area contributed by atoms with Crippen LogP contribution in [0.3, 0.4) is 0 Å². The van der Waals surface area contributed by atoms with Crippen molar-refractivity contribution in [1.29, 1.82) is 0 Å². The maximum absolute atomic E-state index is 9.80. The SMILES string of the molecule is CCCOC(=O)O.O=C1OCCO1. The van der Waals surface area contributed by atoms with E-state index in [1.807, 2.05) is 6.92 Å². The Morgan fingerprint density at radius 3 is 2.23 bits per heavy atom. The van der Waals surface area contributed by atoms with Crippen molar-refractivity contribution < 1.29 is 28.9 Å². The van der Waals surface area contributed by atoms with Crippen LogP contribution in [0.2, 0.25) is 0 Å². The average molecular weight is 192 g/mol. The van der Waals surface area contributed by atoms with Crippen molar-refractivity contribution in [3.05, 3.63) is 0 Å². The number of hydrogen-bond acceptors (Lipinski definition) is 5. The van der Waals surface area contributed by atoms with Gasteiger partial charge in [-0.15, -0.1) is 0 Å². The Labute approximate surface area is 75.4 Å². The number of carboxylic acid groups (broad SMARTS) is 1. The molecular formula is C7H12O6. The third-order valence-electron chi connectivity index (χ3n) is 0.953. The summed E-state index contributed by atoms with van der Waals surface area (Å²) in [4.78, 5) is 19.3. The number of carbonyl (C=O) groups excluding carboxylic acids is 1. The quantitative estimate of drug-likeness (QED) is 0.663.